The van der Waals surface area contributed by atoms with E-state index in [1.807, 2.05) is 0 Å². The van der Waals surface area contributed by atoms with Gasteiger partial charge < -0.3 is 14.6 Å². The van der Waals surface area contributed by atoms with E-state index in [0.29, 0.717) is 11.1 Å². The van der Waals surface area contributed by atoms with Crippen LogP contribution in [0.4, 0.5) is 17.6 Å². The molecular weight excluding hydrogens is 534 g/mol. The van der Waals surface area contributed by atoms with Gasteiger partial charge in [0.2, 0.25) is 0 Å². The highest BCUT2D eigenvalue weighted by Gasteiger charge is 2.38. The zero-order valence-corrected chi connectivity index (χ0v) is 21.9. The molecule has 0 spiro atoms. The van der Waals surface area contributed by atoms with Crippen LogP contribution in [0.5, 0.6) is 5.75 Å². The quantitative estimate of drug-likeness (QED) is 0.279. The van der Waals surface area contributed by atoms with E-state index in [9.17, 15) is 22.4 Å². The van der Waals surface area contributed by atoms with Crippen molar-refractivity contribution in [2.45, 2.75) is 31.6 Å². The number of carbonyl (C=O) groups is 1. The summed E-state index contributed by atoms with van der Waals surface area (Å²) >= 11 is 1.22. The van der Waals surface area contributed by atoms with Gasteiger partial charge >= 0.3 is 6.18 Å². The lowest BCUT2D eigenvalue weighted by Gasteiger charge is -2.20. The Labute approximate surface area is 225 Å². The van der Waals surface area contributed by atoms with Gasteiger partial charge in [-0.25, -0.2) is 4.39 Å². The van der Waals surface area contributed by atoms with Gasteiger partial charge in [-0.05, 0) is 65.8 Å². The molecule has 5 rings (SSSR count). The summed E-state index contributed by atoms with van der Waals surface area (Å²) in [7, 11) is 2.77. The summed E-state index contributed by atoms with van der Waals surface area (Å²) < 4.78 is 63.2. The first-order valence-corrected chi connectivity index (χ1v) is 13.0. The molecule has 1 fully saturated rings. The lowest BCUT2D eigenvalue weighted by molar-refractivity contribution is -0.140. The summed E-state index contributed by atoms with van der Waals surface area (Å²) in [6.07, 6.45) is 0.0399. The van der Waals surface area contributed by atoms with Gasteiger partial charge in [-0.15, -0.1) is 11.3 Å². The Balaban J connectivity index is 1.55. The van der Waals surface area contributed by atoms with Crippen LogP contribution in [-0.4, -0.2) is 27.4 Å². The van der Waals surface area contributed by atoms with Crippen molar-refractivity contribution < 1.29 is 27.1 Å². The molecule has 1 amide bonds. The number of halogens is 4. The lowest BCUT2D eigenvalue weighted by Crippen LogP contribution is -2.30. The van der Waals surface area contributed by atoms with Crippen LogP contribution in [0, 0.1) is 17.1 Å². The highest BCUT2D eigenvalue weighted by molar-refractivity contribution is 7.06. The predicted molar refractivity (Wildman–Crippen MR) is 137 cm³/mol. The van der Waals surface area contributed by atoms with Gasteiger partial charge in [-0.2, -0.15) is 18.3 Å². The molecule has 4 aromatic rings. The first kappa shape index (κ1) is 26.7. The molecule has 0 saturated heterocycles. The second kappa shape index (κ2) is 10.3. The molecule has 204 valence electrons. The van der Waals surface area contributed by atoms with Crippen LogP contribution >= 0.6 is 11.3 Å². The number of carbonyl (C=O) groups excluding carboxylic acids is 1. The minimum Gasteiger partial charge on any atom is -0.494 e. The molecule has 0 unspecified atom stereocenters. The van der Waals surface area contributed by atoms with Crippen LogP contribution in [0.25, 0.3) is 11.1 Å². The molecule has 2 heterocycles. The van der Waals surface area contributed by atoms with Gasteiger partial charge in [0, 0.05) is 42.5 Å². The normalized spacial score (nSPS) is 14.3. The minimum atomic E-state index is -4.69. The number of hydrogen-bond acceptors (Lipinski definition) is 5. The van der Waals surface area contributed by atoms with Gasteiger partial charge in [-0.3, -0.25) is 14.9 Å². The fourth-order valence-electron chi connectivity index (χ4n) is 4.60. The van der Waals surface area contributed by atoms with E-state index in [-0.39, 0.29) is 39.7 Å². The molecule has 2 aromatic carbocycles. The standard InChI is InChI=1S/C27H25F4N5O2S/c1-35-14-20(24(34-35)27(29,30)31)18-9-15(13-36-7-8-39-26(36)32)10-19(11-18)25(37)33-23(16-3-4-16)17-5-6-21(28)22(12-17)38-2/h5-12,14,16,23,32H,3-4,13H2,1-2H3,(H,33,37)/t23-/m0/s1. The smallest absolute Gasteiger partial charge is 0.435 e. The van der Waals surface area contributed by atoms with Gasteiger partial charge in [0.05, 0.1) is 13.2 Å². The molecule has 0 radical (unpaired) electrons. The maximum absolute atomic E-state index is 14.0. The number of alkyl halides is 3. The highest BCUT2D eigenvalue weighted by atomic mass is 32.1. The molecule has 0 aliphatic heterocycles. The van der Waals surface area contributed by atoms with Crippen molar-refractivity contribution in [3.05, 3.63) is 87.2 Å². The molecule has 0 bridgehead atoms. The average Bonchev–Trinajstić information content (AvgIpc) is 3.53. The number of ether oxygens (including phenoxy) is 1. The van der Waals surface area contributed by atoms with E-state index in [2.05, 4.69) is 10.4 Å². The zero-order chi connectivity index (χ0) is 27.9. The Hall–Kier alpha value is -3.93. The largest absolute Gasteiger partial charge is 0.494 e. The van der Waals surface area contributed by atoms with Crippen LogP contribution in [0.15, 0.2) is 54.2 Å². The van der Waals surface area contributed by atoms with E-state index < -0.39 is 29.6 Å². The van der Waals surface area contributed by atoms with Crippen LogP contribution in [0.1, 0.15) is 46.1 Å². The first-order valence-electron chi connectivity index (χ1n) is 12.1. The minimum absolute atomic E-state index is 0.0620. The van der Waals surface area contributed by atoms with Crippen molar-refractivity contribution in [3.63, 3.8) is 0 Å². The third-order valence-electron chi connectivity index (χ3n) is 6.61. The number of nitrogens with one attached hydrogen (secondary N) is 2. The van der Waals surface area contributed by atoms with Crippen LogP contribution in [-0.2, 0) is 19.8 Å². The number of benzene rings is 2. The second-order valence-corrected chi connectivity index (χ2v) is 10.4. The third kappa shape index (κ3) is 5.75. The summed E-state index contributed by atoms with van der Waals surface area (Å²) in [6.45, 7) is 0.194. The van der Waals surface area contributed by atoms with Crippen LogP contribution in [0.3, 0.4) is 0 Å². The fraction of sp³-hybridized carbons (Fsp3) is 0.296. The second-order valence-electron chi connectivity index (χ2n) is 9.50. The van der Waals surface area contributed by atoms with Crippen molar-refractivity contribution in [1.29, 1.82) is 5.41 Å². The van der Waals surface area contributed by atoms with E-state index in [4.69, 9.17) is 10.1 Å². The van der Waals surface area contributed by atoms with E-state index in [1.165, 1.54) is 43.8 Å². The summed E-state index contributed by atoms with van der Waals surface area (Å²) in [4.78, 5) is 13.8. The number of thiazole rings is 1. The summed E-state index contributed by atoms with van der Waals surface area (Å²) in [5, 5.41) is 16.4. The number of aryl methyl sites for hydroxylation is 1. The first-order chi connectivity index (χ1) is 18.5. The Morgan fingerprint density at radius 2 is 2.03 bits per heavy atom. The fourth-order valence-corrected chi connectivity index (χ4v) is 5.20. The Kier molecular flexibility index (Phi) is 7.06. The number of methoxy groups -OCH3 is 1. The van der Waals surface area contributed by atoms with Crippen molar-refractivity contribution in [2.24, 2.45) is 13.0 Å². The molecule has 1 aliphatic carbocycles. The van der Waals surface area contributed by atoms with E-state index in [0.717, 1.165) is 17.5 Å². The zero-order valence-electron chi connectivity index (χ0n) is 21.1. The van der Waals surface area contributed by atoms with Crippen LogP contribution < -0.4 is 14.9 Å². The molecule has 2 aromatic heterocycles. The molecular formula is C27H25F4N5O2S. The SMILES string of the molecule is COc1cc([C@@H](NC(=O)c2cc(Cn3ccsc3=N)cc(-c3cn(C)nc3C(F)(F)F)c2)C2CC2)ccc1F. The number of aromatic nitrogens is 3. The predicted octanol–water partition coefficient (Wildman–Crippen LogP) is 5.53. The van der Waals surface area contributed by atoms with Gasteiger partial charge in [-0.1, -0.05) is 6.07 Å². The number of amides is 1. The molecule has 12 heteroatoms. The van der Waals surface area contributed by atoms with Crippen molar-refractivity contribution in [2.75, 3.05) is 7.11 Å². The monoisotopic (exact) mass is 559 g/mol. The number of hydrogen-bond donors (Lipinski definition) is 2. The van der Waals surface area contributed by atoms with Gasteiger partial charge in [0.1, 0.15) is 0 Å². The van der Waals surface area contributed by atoms with Gasteiger partial charge in [0.15, 0.2) is 22.1 Å². The summed E-state index contributed by atoms with van der Waals surface area (Å²) in [6, 6.07) is 8.62. The number of rotatable bonds is 8. The highest BCUT2D eigenvalue weighted by Crippen LogP contribution is 2.42. The summed E-state index contributed by atoms with van der Waals surface area (Å²) in [5.74, 6) is -0.783. The lowest BCUT2D eigenvalue weighted by atomic mass is 9.98. The van der Waals surface area contributed by atoms with Gasteiger partial charge in [0.25, 0.3) is 5.91 Å². The molecule has 1 aliphatic rings. The van der Waals surface area contributed by atoms with E-state index >= 15 is 0 Å². The summed E-state index contributed by atoms with van der Waals surface area (Å²) in [5.41, 5.74) is 0.391. The molecule has 7 nitrogen and oxygen atoms in total. The van der Waals surface area contributed by atoms with Crippen LogP contribution in [0.2, 0.25) is 0 Å². The van der Waals surface area contributed by atoms with Crippen molar-refractivity contribution >= 4 is 17.2 Å². The topological polar surface area (TPSA) is 84.9 Å². The Morgan fingerprint density at radius 3 is 2.67 bits per heavy atom. The molecule has 2 N–H and O–H groups in total. The molecule has 39 heavy (non-hydrogen) atoms. The average molecular weight is 560 g/mol. The Bertz CT molecular complexity index is 1590. The molecule has 1 saturated carbocycles. The van der Waals surface area contributed by atoms with Crippen molar-refractivity contribution in [1.82, 2.24) is 19.7 Å². The molecule has 1 atom stereocenters. The van der Waals surface area contributed by atoms with E-state index in [1.54, 1.807) is 40.4 Å². The number of nitrogens with zero attached hydrogens (tertiary/aromatic N) is 3. The third-order valence-corrected chi connectivity index (χ3v) is 7.33. The Morgan fingerprint density at radius 1 is 1.26 bits per heavy atom. The van der Waals surface area contributed by atoms with Crippen molar-refractivity contribution in [3.8, 4) is 16.9 Å². The maximum Gasteiger partial charge on any atom is 0.435 e. The maximum atomic E-state index is 14.0.